The van der Waals surface area contributed by atoms with Gasteiger partial charge in [0, 0.05) is 21.9 Å². The number of H-pyrrole nitrogens is 1. The maximum absolute atomic E-state index is 12.2. The molecule has 1 aromatic carbocycles. The van der Waals surface area contributed by atoms with E-state index in [1.54, 1.807) is 36.4 Å². The minimum Gasteiger partial charge on any atom is -0.326 e. The van der Waals surface area contributed by atoms with Crippen molar-refractivity contribution in [2.24, 2.45) is 0 Å². The smallest absolute Gasteiger partial charge is 0.271 e. The van der Waals surface area contributed by atoms with Crippen molar-refractivity contribution in [1.82, 2.24) is 4.98 Å². The van der Waals surface area contributed by atoms with E-state index in [2.05, 4.69) is 31.5 Å². The zero-order valence-electron chi connectivity index (χ0n) is 12.7. The van der Waals surface area contributed by atoms with E-state index in [0.717, 1.165) is 0 Å². The van der Waals surface area contributed by atoms with Crippen LogP contribution in [-0.2, 0) is 0 Å². The van der Waals surface area contributed by atoms with Gasteiger partial charge in [0.1, 0.15) is 5.69 Å². The standard InChI is InChI=1S/C17H12BrN3O3S/c18-11-8-13(16(23)19-9-11)21-15(22)10-3-5-12(6-4-10)20-17(24)14-2-1-7-25-14/h1-9H,(H,19,23)(H,20,24)(H,21,22). The number of aromatic nitrogens is 1. The van der Waals surface area contributed by atoms with Gasteiger partial charge in [-0.3, -0.25) is 14.4 Å². The molecule has 0 aliphatic heterocycles. The van der Waals surface area contributed by atoms with Crippen LogP contribution < -0.4 is 16.2 Å². The molecule has 3 aromatic rings. The van der Waals surface area contributed by atoms with Gasteiger partial charge < -0.3 is 15.6 Å². The fraction of sp³-hybridized carbons (Fsp3) is 0. The van der Waals surface area contributed by atoms with E-state index < -0.39 is 11.5 Å². The predicted molar refractivity (Wildman–Crippen MR) is 101 cm³/mol. The number of anilines is 2. The van der Waals surface area contributed by atoms with E-state index in [4.69, 9.17) is 0 Å². The summed E-state index contributed by atoms with van der Waals surface area (Å²) in [6.45, 7) is 0. The van der Waals surface area contributed by atoms with Crippen LogP contribution in [0.5, 0.6) is 0 Å². The molecule has 0 saturated carbocycles. The average Bonchev–Trinajstić information content (AvgIpc) is 3.13. The second-order valence-corrected chi connectivity index (χ2v) is 6.89. The van der Waals surface area contributed by atoms with E-state index in [0.29, 0.717) is 20.6 Å². The number of benzene rings is 1. The molecular formula is C17H12BrN3O3S. The summed E-state index contributed by atoms with van der Waals surface area (Å²) in [6.07, 6.45) is 1.49. The minimum absolute atomic E-state index is 0.148. The van der Waals surface area contributed by atoms with Crippen LogP contribution in [0, 0.1) is 0 Å². The summed E-state index contributed by atoms with van der Waals surface area (Å²) in [4.78, 5) is 39.0. The lowest BCUT2D eigenvalue weighted by molar-refractivity contribution is 0.102. The van der Waals surface area contributed by atoms with Gasteiger partial charge in [-0.25, -0.2) is 0 Å². The Kier molecular flexibility index (Phi) is 5.11. The molecule has 6 nitrogen and oxygen atoms in total. The Morgan fingerprint density at radius 3 is 2.48 bits per heavy atom. The van der Waals surface area contributed by atoms with Gasteiger partial charge in [-0.15, -0.1) is 11.3 Å². The molecule has 25 heavy (non-hydrogen) atoms. The molecule has 2 aromatic heterocycles. The number of nitrogens with one attached hydrogen (secondary N) is 3. The van der Waals surface area contributed by atoms with Gasteiger partial charge in [-0.05, 0) is 57.7 Å². The predicted octanol–water partition coefficient (Wildman–Crippen LogP) is 3.70. The minimum atomic E-state index is -0.417. The summed E-state index contributed by atoms with van der Waals surface area (Å²) in [6, 6.07) is 11.5. The second kappa shape index (κ2) is 7.45. The van der Waals surface area contributed by atoms with Gasteiger partial charge in [0.15, 0.2) is 0 Å². The number of pyridine rings is 1. The monoisotopic (exact) mass is 417 g/mol. The summed E-state index contributed by atoms with van der Waals surface area (Å²) in [5.74, 6) is -0.618. The van der Waals surface area contributed by atoms with Crippen LogP contribution in [0.15, 0.2) is 63.3 Å². The Bertz CT molecular complexity index is 966. The molecule has 0 atom stereocenters. The molecule has 3 rings (SSSR count). The molecule has 0 aliphatic rings. The SMILES string of the molecule is O=C(Nc1cc(Br)c[nH]c1=O)c1ccc(NC(=O)c2cccs2)cc1. The highest BCUT2D eigenvalue weighted by molar-refractivity contribution is 9.10. The summed E-state index contributed by atoms with van der Waals surface area (Å²) in [5.41, 5.74) is 0.703. The van der Waals surface area contributed by atoms with Crippen LogP contribution >= 0.6 is 27.3 Å². The maximum Gasteiger partial charge on any atom is 0.271 e. The van der Waals surface area contributed by atoms with Crippen molar-refractivity contribution in [1.29, 1.82) is 0 Å². The molecule has 0 unspecified atom stereocenters. The van der Waals surface area contributed by atoms with Gasteiger partial charge in [0.25, 0.3) is 17.4 Å². The Balaban J connectivity index is 1.69. The lowest BCUT2D eigenvalue weighted by Crippen LogP contribution is -2.19. The molecule has 3 N–H and O–H groups in total. The molecule has 0 bridgehead atoms. The van der Waals surface area contributed by atoms with Crippen molar-refractivity contribution in [2.45, 2.75) is 0 Å². The Morgan fingerprint density at radius 1 is 1.04 bits per heavy atom. The molecule has 8 heteroatoms. The van der Waals surface area contributed by atoms with Crippen molar-refractivity contribution >= 4 is 50.5 Å². The zero-order valence-corrected chi connectivity index (χ0v) is 15.1. The largest absolute Gasteiger partial charge is 0.326 e. The number of rotatable bonds is 4. The quantitative estimate of drug-likeness (QED) is 0.604. The highest BCUT2D eigenvalue weighted by Crippen LogP contribution is 2.15. The highest BCUT2D eigenvalue weighted by atomic mass is 79.9. The van der Waals surface area contributed by atoms with Crippen LogP contribution in [0.3, 0.4) is 0 Å². The first-order valence-corrected chi connectivity index (χ1v) is 8.85. The number of thiophene rings is 1. The number of hydrogen-bond acceptors (Lipinski definition) is 4. The fourth-order valence-electron chi connectivity index (χ4n) is 2.05. The summed E-state index contributed by atoms with van der Waals surface area (Å²) < 4.78 is 0.647. The molecule has 0 saturated heterocycles. The van der Waals surface area contributed by atoms with E-state index in [-0.39, 0.29) is 11.6 Å². The molecule has 126 valence electrons. The lowest BCUT2D eigenvalue weighted by atomic mass is 10.2. The average molecular weight is 418 g/mol. The molecule has 0 fully saturated rings. The normalized spacial score (nSPS) is 10.3. The van der Waals surface area contributed by atoms with Crippen molar-refractivity contribution in [3.8, 4) is 0 Å². The second-order valence-electron chi connectivity index (χ2n) is 5.02. The third-order valence-corrected chi connectivity index (χ3v) is 4.59. The van der Waals surface area contributed by atoms with Gasteiger partial charge in [-0.2, -0.15) is 0 Å². The Labute approximate surface area is 155 Å². The molecular weight excluding hydrogens is 406 g/mol. The third kappa shape index (κ3) is 4.23. The number of halogens is 1. The first-order valence-electron chi connectivity index (χ1n) is 7.17. The Hall–Kier alpha value is -2.71. The van der Waals surface area contributed by atoms with Crippen molar-refractivity contribution in [3.05, 3.63) is 79.3 Å². The molecule has 0 aliphatic carbocycles. The lowest BCUT2D eigenvalue weighted by Gasteiger charge is -2.07. The number of hydrogen-bond donors (Lipinski definition) is 3. The maximum atomic E-state index is 12.2. The van der Waals surface area contributed by atoms with Crippen LogP contribution in [0.4, 0.5) is 11.4 Å². The van der Waals surface area contributed by atoms with Gasteiger partial charge in [0.05, 0.1) is 4.88 Å². The number of carbonyl (C=O) groups is 2. The summed E-state index contributed by atoms with van der Waals surface area (Å²) in [7, 11) is 0. The van der Waals surface area contributed by atoms with Crippen LogP contribution in [0.2, 0.25) is 0 Å². The van der Waals surface area contributed by atoms with Crippen molar-refractivity contribution in [3.63, 3.8) is 0 Å². The van der Waals surface area contributed by atoms with E-state index in [9.17, 15) is 14.4 Å². The van der Waals surface area contributed by atoms with Gasteiger partial charge in [0.2, 0.25) is 0 Å². The van der Waals surface area contributed by atoms with Crippen molar-refractivity contribution in [2.75, 3.05) is 10.6 Å². The molecule has 2 amide bonds. The zero-order chi connectivity index (χ0) is 17.8. The van der Waals surface area contributed by atoms with E-state index in [1.165, 1.54) is 23.6 Å². The molecule has 0 radical (unpaired) electrons. The van der Waals surface area contributed by atoms with Gasteiger partial charge >= 0.3 is 0 Å². The first-order chi connectivity index (χ1) is 12.0. The first kappa shape index (κ1) is 17.1. The Morgan fingerprint density at radius 2 is 1.80 bits per heavy atom. The molecule has 0 spiro atoms. The summed E-state index contributed by atoms with van der Waals surface area (Å²) >= 11 is 4.58. The number of aromatic amines is 1. The van der Waals surface area contributed by atoms with E-state index in [1.807, 2.05) is 5.38 Å². The van der Waals surface area contributed by atoms with E-state index >= 15 is 0 Å². The number of carbonyl (C=O) groups excluding carboxylic acids is 2. The van der Waals surface area contributed by atoms with Crippen molar-refractivity contribution < 1.29 is 9.59 Å². The third-order valence-electron chi connectivity index (χ3n) is 3.27. The fourth-order valence-corrected chi connectivity index (χ4v) is 3.01. The topological polar surface area (TPSA) is 91.1 Å². The number of amides is 2. The van der Waals surface area contributed by atoms with Crippen LogP contribution in [0.25, 0.3) is 0 Å². The van der Waals surface area contributed by atoms with Gasteiger partial charge in [-0.1, -0.05) is 6.07 Å². The molecule has 2 heterocycles. The van der Waals surface area contributed by atoms with Crippen LogP contribution in [-0.4, -0.2) is 16.8 Å². The van der Waals surface area contributed by atoms with Crippen LogP contribution in [0.1, 0.15) is 20.0 Å². The summed E-state index contributed by atoms with van der Waals surface area (Å²) in [5, 5.41) is 7.13. The highest BCUT2D eigenvalue weighted by Gasteiger charge is 2.10.